The largest absolute Gasteiger partial charge is 0.471 e. The molecule has 3 N–H and O–H groups in total. The summed E-state index contributed by atoms with van der Waals surface area (Å²) in [4.78, 5) is 18.8. The predicted molar refractivity (Wildman–Crippen MR) is 42.4 cm³/mol. The zero-order valence-electron chi connectivity index (χ0n) is 6.80. The summed E-state index contributed by atoms with van der Waals surface area (Å²) in [5, 5.41) is 2.98. The molecule has 12 heavy (non-hydrogen) atoms. The first-order valence-corrected chi connectivity index (χ1v) is 5.17. The third-order valence-electron chi connectivity index (χ3n) is 1.71. The molecule has 1 heterocycles. The highest BCUT2D eigenvalue weighted by Gasteiger charge is 2.26. The molecule has 72 valence electrons. The minimum absolute atomic E-state index is 0.446. The van der Waals surface area contributed by atoms with Gasteiger partial charge >= 0.3 is 7.82 Å². The third-order valence-corrected chi connectivity index (χ3v) is 2.23. The quantitative estimate of drug-likeness (QED) is 0.489. The van der Waals surface area contributed by atoms with E-state index in [-0.39, 0.29) is 0 Å². The fourth-order valence-electron chi connectivity index (χ4n) is 1.06. The Hall–Kier alpha value is 0.0300. The molecule has 0 aromatic rings. The van der Waals surface area contributed by atoms with Gasteiger partial charge in [0.2, 0.25) is 0 Å². The van der Waals surface area contributed by atoms with Crippen LogP contribution in [0.2, 0.25) is 0 Å². The molecule has 1 unspecified atom stereocenters. The molecule has 1 aliphatic heterocycles. The van der Waals surface area contributed by atoms with E-state index in [4.69, 9.17) is 9.79 Å². The molecule has 1 rings (SSSR count). The van der Waals surface area contributed by atoms with Crippen LogP contribution in [0, 0.1) is 0 Å². The van der Waals surface area contributed by atoms with E-state index in [1.807, 2.05) is 0 Å². The van der Waals surface area contributed by atoms with Gasteiger partial charge in [-0.15, -0.1) is 0 Å². The number of piperazine rings is 1. The molecule has 0 aliphatic carbocycles. The second kappa shape index (κ2) is 3.83. The summed E-state index contributed by atoms with van der Waals surface area (Å²) in [7, 11) is -2.59. The van der Waals surface area contributed by atoms with Crippen molar-refractivity contribution < 1.29 is 18.9 Å². The number of phosphoric ester groups is 1. The average Bonchev–Trinajstić information content (AvgIpc) is 1.91. The monoisotopic (exact) mass is 196 g/mol. The maximum atomic E-state index is 10.5. The van der Waals surface area contributed by atoms with Crippen molar-refractivity contribution in [3.05, 3.63) is 0 Å². The summed E-state index contributed by atoms with van der Waals surface area (Å²) >= 11 is 0. The van der Waals surface area contributed by atoms with E-state index in [1.54, 1.807) is 11.9 Å². The molecular weight excluding hydrogens is 183 g/mol. The molecule has 0 aromatic heterocycles. The fraction of sp³-hybridized carbons (Fsp3) is 1.00. The second-order valence-electron chi connectivity index (χ2n) is 2.74. The van der Waals surface area contributed by atoms with Gasteiger partial charge < -0.3 is 15.1 Å². The van der Waals surface area contributed by atoms with Crippen molar-refractivity contribution in [2.75, 3.05) is 26.7 Å². The summed E-state index contributed by atoms with van der Waals surface area (Å²) in [6.07, 6.45) is -0.528. The van der Waals surface area contributed by atoms with Crippen LogP contribution in [0.4, 0.5) is 0 Å². The van der Waals surface area contributed by atoms with Crippen LogP contribution < -0.4 is 5.32 Å². The summed E-state index contributed by atoms with van der Waals surface area (Å²) in [5.41, 5.74) is 0. The highest BCUT2D eigenvalue weighted by molar-refractivity contribution is 7.46. The smallest absolute Gasteiger partial charge is 0.312 e. The van der Waals surface area contributed by atoms with Crippen LogP contribution in [0.25, 0.3) is 0 Å². The Balaban J connectivity index is 2.44. The van der Waals surface area contributed by atoms with Crippen LogP contribution >= 0.6 is 7.82 Å². The molecule has 6 nitrogen and oxygen atoms in total. The molecule has 1 saturated heterocycles. The Labute approximate surface area is 70.8 Å². The van der Waals surface area contributed by atoms with Gasteiger partial charge in [-0.3, -0.25) is 9.42 Å². The maximum Gasteiger partial charge on any atom is 0.471 e. The van der Waals surface area contributed by atoms with Gasteiger partial charge in [-0.05, 0) is 7.05 Å². The first kappa shape index (κ1) is 10.1. The zero-order valence-corrected chi connectivity index (χ0v) is 7.70. The Kier molecular flexibility index (Phi) is 3.22. The highest BCUT2D eigenvalue weighted by atomic mass is 31.2. The first-order valence-electron chi connectivity index (χ1n) is 3.64. The van der Waals surface area contributed by atoms with E-state index >= 15 is 0 Å². The molecule has 0 saturated carbocycles. The summed E-state index contributed by atoms with van der Waals surface area (Å²) in [5.74, 6) is 0. The van der Waals surface area contributed by atoms with Crippen molar-refractivity contribution in [1.29, 1.82) is 0 Å². The zero-order chi connectivity index (χ0) is 9.19. The first-order chi connectivity index (χ1) is 5.49. The van der Waals surface area contributed by atoms with Gasteiger partial charge in [0.05, 0.1) is 0 Å². The minimum atomic E-state index is -4.35. The van der Waals surface area contributed by atoms with Crippen LogP contribution in [0.5, 0.6) is 0 Å². The fourth-order valence-corrected chi connectivity index (χ4v) is 1.61. The van der Waals surface area contributed by atoms with Crippen molar-refractivity contribution in [1.82, 2.24) is 10.2 Å². The molecular formula is C5H13N2O4P. The van der Waals surface area contributed by atoms with E-state index in [0.717, 1.165) is 13.1 Å². The maximum absolute atomic E-state index is 10.5. The minimum Gasteiger partial charge on any atom is -0.312 e. The lowest BCUT2D eigenvalue weighted by Gasteiger charge is -2.32. The number of nitrogens with zero attached hydrogens (tertiary/aromatic N) is 1. The van der Waals surface area contributed by atoms with Crippen LogP contribution in [-0.2, 0) is 9.09 Å². The molecule has 1 aliphatic rings. The molecule has 0 bridgehead atoms. The average molecular weight is 196 g/mol. The molecule has 1 atom stereocenters. The van der Waals surface area contributed by atoms with E-state index < -0.39 is 14.1 Å². The van der Waals surface area contributed by atoms with Gasteiger partial charge in [0.25, 0.3) is 0 Å². The van der Waals surface area contributed by atoms with Crippen molar-refractivity contribution in [2.24, 2.45) is 0 Å². The van der Waals surface area contributed by atoms with Gasteiger partial charge in [0.1, 0.15) is 6.23 Å². The lowest BCUT2D eigenvalue weighted by molar-refractivity contribution is 0.00432. The van der Waals surface area contributed by atoms with Crippen LogP contribution in [0.15, 0.2) is 0 Å². The lowest BCUT2D eigenvalue weighted by atomic mass is 10.4. The van der Waals surface area contributed by atoms with Gasteiger partial charge in [-0.1, -0.05) is 0 Å². The number of hydrogen-bond donors (Lipinski definition) is 3. The normalized spacial score (nSPS) is 27.4. The van der Waals surface area contributed by atoms with Crippen molar-refractivity contribution >= 4 is 7.82 Å². The van der Waals surface area contributed by atoms with Crippen LogP contribution in [0.3, 0.4) is 0 Å². The van der Waals surface area contributed by atoms with Gasteiger partial charge in [0, 0.05) is 19.6 Å². The summed E-state index contributed by atoms with van der Waals surface area (Å²) in [6, 6.07) is 0. The number of likely N-dealkylation sites (N-methyl/N-ethyl adjacent to an activating group) is 1. The molecule has 0 amide bonds. The summed E-state index contributed by atoms with van der Waals surface area (Å²) < 4.78 is 15.0. The molecule has 0 radical (unpaired) electrons. The topological polar surface area (TPSA) is 82.0 Å². The number of rotatable bonds is 2. The third kappa shape index (κ3) is 3.18. The molecule has 0 aromatic carbocycles. The van der Waals surface area contributed by atoms with E-state index in [0.29, 0.717) is 6.54 Å². The van der Waals surface area contributed by atoms with E-state index in [2.05, 4.69) is 9.84 Å². The number of nitrogens with one attached hydrogen (secondary N) is 1. The SMILES string of the molecule is CN1CCNCC1OP(=O)(O)O. The highest BCUT2D eigenvalue weighted by Crippen LogP contribution is 2.38. The molecule has 1 fully saturated rings. The standard InChI is InChI=1S/C5H13N2O4P/c1-7-3-2-6-4-5(7)11-12(8,9)10/h5-6H,2-4H2,1H3,(H2,8,9,10). The van der Waals surface area contributed by atoms with Crippen LogP contribution in [-0.4, -0.2) is 47.6 Å². The Morgan fingerprint density at radius 3 is 2.83 bits per heavy atom. The molecule has 0 spiro atoms. The van der Waals surface area contributed by atoms with Crippen molar-refractivity contribution in [2.45, 2.75) is 6.23 Å². The van der Waals surface area contributed by atoms with Gasteiger partial charge in [-0.2, -0.15) is 0 Å². The van der Waals surface area contributed by atoms with Crippen molar-refractivity contribution in [3.8, 4) is 0 Å². The Bertz CT molecular complexity index is 194. The van der Waals surface area contributed by atoms with Crippen molar-refractivity contribution in [3.63, 3.8) is 0 Å². The lowest BCUT2D eigenvalue weighted by Crippen LogP contribution is -2.50. The number of hydrogen-bond acceptors (Lipinski definition) is 4. The second-order valence-corrected chi connectivity index (χ2v) is 3.93. The summed E-state index contributed by atoms with van der Waals surface area (Å²) in [6.45, 7) is 1.99. The molecule has 7 heteroatoms. The van der Waals surface area contributed by atoms with Gasteiger partial charge in [-0.25, -0.2) is 4.57 Å². The van der Waals surface area contributed by atoms with E-state index in [1.165, 1.54) is 0 Å². The van der Waals surface area contributed by atoms with Crippen LogP contribution in [0.1, 0.15) is 0 Å². The van der Waals surface area contributed by atoms with Gasteiger partial charge in [0.15, 0.2) is 0 Å². The Morgan fingerprint density at radius 2 is 2.33 bits per heavy atom. The Morgan fingerprint density at radius 1 is 1.67 bits per heavy atom. The predicted octanol–water partition coefficient (Wildman–Crippen LogP) is -1.04. The van der Waals surface area contributed by atoms with E-state index in [9.17, 15) is 4.57 Å². The number of phosphoric acid groups is 1.